The van der Waals surface area contributed by atoms with E-state index in [1.807, 2.05) is 12.1 Å². The number of benzene rings is 1. The Hall–Kier alpha value is -1.75. The second-order valence-electron chi connectivity index (χ2n) is 5.56. The van der Waals surface area contributed by atoms with E-state index in [-0.39, 0.29) is 11.8 Å². The van der Waals surface area contributed by atoms with Crippen molar-refractivity contribution < 1.29 is 4.79 Å². The molecule has 1 amide bonds. The molecular weight excluding hydrogens is 282 g/mol. The van der Waals surface area contributed by atoms with Crippen LogP contribution in [0.4, 0.5) is 0 Å². The van der Waals surface area contributed by atoms with Crippen LogP contribution >= 0.6 is 11.8 Å². The van der Waals surface area contributed by atoms with Gasteiger partial charge < -0.3 is 9.88 Å². The lowest BCUT2D eigenvalue weighted by Crippen LogP contribution is -2.28. The Balaban J connectivity index is 1.42. The van der Waals surface area contributed by atoms with E-state index in [4.69, 9.17) is 0 Å². The minimum Gasteiger partial charge on any atom is -0.350 e. The molecule has 1 atom stereocenters. The largest absolute Gasteiger partial charge is 0.350 e. The molecular formula is C16H17N3OS. The van der Waals surface area contributed by atoms with Gasteiger partial charge in [-0.3, -0.25) is 4.79 Å². The second kappa shape index (κ2) is 5.22. The molecule has 2 aromatic rings. The van der Waals surface area contributed by atoms with Crippen molar-refractivity contribution in [2.24, 2.45) is 0 Å². The van der Waals surface area contributed by atoms with Crippen LogP contribution in [0.3, 0.4) is 0 Å². The molecule has 2 heterocycles. The fraction of sp³-hybridized carbons (Fsp3) is 0.375. The second-order valence-corrected chi connectivity index (χ2v) is 6.63. The molecule has 5 heteroatoms. The van der Waals surface area contributed by atoms with Crippen molar-refractivity contribution in [1.82, 2.24) is 14.9 Å². The first-order chi connectivity index (χ1) is 10.3. The summed E-state index contributed by atoms with van der Waals surface area (Å²) in [7, 11) is 0. The molecule has 4 rings (SSSR count). The Labute approximate surface area is 128 Å². The summed E-state index contributed by atoms with van der Waals surface area (Å²) < 4.78 is 2.16. The predicted octanol–water partition coefficient (Wildman–Crippen LogP) is 2.33. The highest BCUT2D eigenvalue weighted by Gasteiger charge is 2.28. The van der Waals surface area contributed by atoms with Gasteiger partial charge in [-0.05, 0) is 24.0 Å². The van der Waals surface area contributed by atoms with Crippen LogP contribution in [-0.2, 0) is 24.3 Å². The average molecular weight is 299 g/mol. The minimum atomic E-state index is 0.00466. The van der Waals surface area contributed by atoms with Crippen LogP contribution in [0.15, 0.2) is 35.6 Å². The highest BCUT2D eigenvalue weighted by molar-refractivity contribution is 7.99. The van der Waals surface area contributed by atoms with Crippen LogP contribution in [0.25, 0.3) is 0 Å². The molecule has 4 nitrogen and oxygen atoms in total. The molecule has 1 aromatic heterocycles. The molecule has 21 heavy (non-hydrogen) atoms. The van der Waals surface area contributed by atoms with Gasteiger partial charge in [-0.15, -0.1) is 0 Å². The number of carbonyl (C=O) groups is 1. The van der Waals surface area contributed by atoms with Crippen LogP contribution in [0.1, 0.15) is 29.2 Å². The molecule has 1 N–H and O–H groups in total. The minimum absolute atomic E-state index is 0.00466. The highest BCUT2D eigenvalue weighted by Crippen LogP contribution is 2.33. The average Bonchev–Trinajstić information content (AvgIpc) is 3.18. The molecule has 1 aromatic carbocycles. The maximum absolute atomic E-state index is 12.4. The summed E-state index contributed by atoms with van der Waals surface area (Å²) in [5, 5.41) is 4.12. The van der Waals surface area contributed by atoms with E-state index in [2.05, 4.69) is 33.2 Å². The molecule has 0 spiro atoms. The van der Waals surface area contributed by atoms with Gasteiger partial charge in [0.1, 0.15) is 0 Å². The third-order valence-electron chi connectivity index (χ3n) is 4.25. The highest BCUT2D eigenvalue weighted by atomic mass is 32.2. The van der Waals surface area contributed by atoms with E-state index >= 15 is 0 Å². The maximum Gasteiger partial charge on any atom is 0.227 e. The molecule has 0 bridgehead atoms. The lowest BCUT2D eigenvalue weighted by atomic mass is 10.0. The molecule has 0 fully saturated rings. The molecule has 1 aliphatic carbocycles. The van der Waals surface area contributed by atoms with Gasteiger partial charge in [0.05, 0.1) is 18.2 Å². The predicted molar refractivity (Wildman–Crippen MR) is 82.3 cm³/mol. The lowest BCUT2D eigenvalue weighted by molar-refractivity contribution is -0.122. The van der Waals surface area contributed by atoms with Crippen molar-refractivity contribution in [3.05, 3.63) is 47.3 Å². The van der Waals surface area contributed by atoms with Crippen LogP contribution < -0.4 is 5.32 Å². The molecule has 0 saturated carbocycles. The Bertz CT molecular complexity index is 673. The summed E-state index contributed by atoms with van der Waals surface area (Å²) in [4.78, 5) is 17.0. The molecule has 0 unspecified atom stereocenters. The lowest BCUT2D eigenvalue weighted by Gasteiger charge is -2.11. The van der Waals surface area contributed by atoms with Gasteiger partial charge in [-0.25, -0.2) is 4.98 Å². The quantitative estimate of drug-likeness (QED) is 0.946. The van der Waals surface area contributed by atoms with Gasteiger partial charge in [0.25, 0.3) is 0 Å². The van der Waals surface area contributed by atoms with Gasteiger partial charge in [0.15, 0.2) is 5.16 Å². The molecule has 108 valence electrons. The molecule has 2 aliphatic rings. The van der Waals surface area contributed by atoms with Crippen LogP contribution in [-0.4, -0.2) is 21.2 Å². The number of carbonyl (C=O) groups excluding carboxylic acids is 1. The van der Waals surface area contributed by atoms with E-state index in [0.29, 0.717) is 6.54 Å². The zero-order valence-corrected chi connectivity index (χ0v) is 12.5. The number of amides is 1. The smallest absolute Gasteiger partial charge is 0.227 e. The van der Waals surface area contributed by atoms with Crippen molar-refractivity contribution in [3.8, 4) is 0 Å². The van der Waals surface area contributed by atoms with Crippen molar-refractivity contribution >= 4 is 17.7 Å². The van der Waals surface area contributed by atoms with Gasteiger partial charge in [0, 0.05) is 18.5 Å². The number of hydrogen-bond donors (Lipinski definition) is 1. The number of aromatic nitrogens is 2. The topological polar surface area (TPSA) is 46.9 Å². The fourth-order valence-electron chi connectivity index (χ4n) is 3.18. The van der Waals surface area contributed by atoms with Crippen molar-refractivity contribution in [2.45, 2.75) is 37.0 Å². The van der Waals surface area contributed by atoms with Crippen LogP contribution in [0.5, 0.6) is 0 Å². The number of nitrogens with zero attached hydrogens (tertiary/aromatic N) is 2. The van der Waals surface area contributed by atoms with E-state index in [1.165, 1.54) is 11.1 Å². The summed E-state index contributed by atoms with van der Waals surface area (Å²) in [6, 6.07) is 8.26. The summed E-state index contributed by atoms with van der Waals surface area (Å²) in [5.74, 6) is 1.24. The Kier molecular flexibility index (Phi) is 3.22. The van der Waals surface area contributed by atoms with Gasteiger partial charge in [-0.1, -0.05) is 36.0 Å². The maximum atomic E-state index is 12.4. The van der Waals surface area contributed by atoms with E-state index in [9.17, 15) is 4.79 Å². The summed E-state index contributed by atoms with van der Waals surface area (Å²) in [6.45, 7) is 1.55. The zero-order valence-electron chi connectivity index (χ0n) is 11.7. The first kappa shape index (κ1) is 13.0. The van der Waals surface area contributed by atoms with Crippen molar-refractivity contribution in [2.75, 3.05) is 5.75 Å². The van der Waals surface area contributed by atoms with E-state index in [1.54, 1.807) is 11.8 Å². The SMILES string of the molecule is O=C(NCc1cn2c(n1)SCC2)[C@@H]1CCc2ccccc21. The van der Waals surface area contributed by atoms with Crippen LogP contribution in [0.2, 0.25) is 0 Å². The molecule has 0 radical (unpaired) electrons. The zero-order chi connectivity index (χ0) is 14.2. The van der Waals surface area contributed by atoms with Crippen molar-refractivity contribution in [3.63, 3.8) is 0 Å². The summed E-state index contributed by atoms with van der Waals surface area (Å²) in [5.41, 5.74) is 3.46. The van der Waals surface area contributed by atoms with Gasteiger partial charge in [0.2, 0.25) is 5.91 Å². The van der Waals surface area contributed by atoms with E-state index in [0.717, 1.165) is 36.0 Å². The number of imidazole rings is 1. The van der Waals surface area contributed by atoms with Crippen LogP contribution in [0, 0.1) is 0 Å². The number of thioether (sulfide) groups is 1. The van der Waals surface area contributed by atoms with E-state index < -0.39 is 0 Å². The fourth-order valence-corrected chi connectivity index (χ4v) is 4.14. The normalized spacial score (nSPS) is 19.3. The van der Waals surface area contributed by atoms with Gasteiger partial charge in [-0.2, -0.15) is 0 Å². The Morgan fingerprint density at radius 1 is 1.43 bits per heavy atom. The summed E-state index contributed by atoms with van der Waals surface area (Å²) >= 11 is 1.78. The monoisotopic (exact) mass is 299 g/mol. The number of fused-ring (bicyclic) bond motifs is 2. The van der Waals surface area contributed by atoms with Crippen molar-refractivity contribution in [1.29, 1.82) is 0 Å². The Morgan fingerprint density at radius 3 is 3.24 bits per heavy atom. The number of rotatable bonds is 3. The van der Waals surface area contributed by atoms with Gasteiger partial charge >= 0.3 is 0 Å². The first-order valence-corrected chi connectivity index (χ1v) is 8.34. The standard InChI is InChI=1S/C16H17N3OS/c20-15(14-6-5-11-3-1-2-4-13(11)14)17-9-12-10-19-7-8-21-16(19)18-12/h1-4,10,14H,5-9H2,(H,17,20)/t14-/m1/s1. The third kappa shape index (κ3) is 2.35. The third-order valence-corrected chi connectivity index (χ3v) is 5.22. The Morgan fingerprint density at radius 2 is 2.33 bits per heavy atom. The number of aryl methyl sites for hydroxylation is 2. The summed E-state index contributed by atoms with van der Waals surface area (Å²) in [6.07, 6.45) is 3.97. The molecule has 1 aliphatic heterocycles. The number of nitrogens with one attached hydrogen (secondary N) is 1. The molecule has 0 saturated heterocycles. The first-order valence-electron chi connectivity index (χ1n) is 7.35. The number of hydrogen-bond acceptors (Lipinski definition) is 3.